The van der Waals surface area contributed by atoms with Gasteiger partial charge >= 0.3 is 5.97 Å². The monoisotopic (exact) mass is 283 g/mol. The molecule has 0 atom stereocenters. The van der Waals surface area contributed by atoms with Crippen molar-refractivity contribution in [2.24, 2.45) is 0 Å². The number of anilines is 1. The summed E-state index contributed by atoms with van der Waals surface area (Å²) in [6.45, 7) is 1.89. The molecule has 1 aliphatic heterocycles. The normalized spacial score (nSPS) is 15.8. The van der Waals surface area contributed by atoms with Crippen LogP contribution >= 0.6 is 11.3 Å². The van der Waals surface area contributed by atoms with Crippen LogP contribution in [0.3, 0.4) is 0 Å². The Balaban J connectivity index is 1.95. The minimum Gasteiger partial charge on any atom is -0.469 e. The number of aryl methyl sites for hydroxylation is 1. The zero-order valence-electron chi connectivity index (χ0n) is 10.8. The van der Waals surface area contributed by atoms with Crippen molar-refractivity contribution in [1.29, 1.82) is 0 Å². The van der Waals surface area contributed by atoms with Crippen molar-refractivity contribution in [3.63, 3.8) is 0 Å². The topological polar surface area (TPSA) is 71.5 Å². The van der Waals surface area contributed by atoms with E-state index in [1.54, 1.807) is 0 Å². The molecular weight excluding hydrogens is 266 g/mol. The lowest BCUT2D eigenvalue weighted by atomic mass is 10.2. The van der Waals surface area contributed by atoms with Crippen LogP contribution in [0.1, 0.15) is 18.5 Å². The maximum absolute atomic E-state index is 11.5. The Hall–Kier alpha value is -1.63. The van der Waals surface area contributed by atoms with Crippen LogP contribution in [0.5, 0.6) is 0 Å². The van der Waals surface area contributed by atoms with Crippen molar-refractivity contribution in [3.05, 3.63) is 11.1 Å². The molecule has 0 unspecified atom stereocenters. The number of thiazole rings is 1. The van der Waals surface area contributed by atoms with Crippen LogP contribution in [-0.2, 0) is 20.7 Å². The van der Waals surface area contributed by atoms with Crippen LogP contribution in [0, 0.1) is 0 Å². The molecule has 0 spiro atoms. The van der Waals surface area contributed by atoms with E-state index >= 15 is 0 Å². The molecule has 1 amide bonds. The van der Waals surface area contributed by atoms with Gasteiger partial charge in [0.15, 0.2) is 5.13 Å². The molecule has 104 valence electrons. The SMILES string of the molecule is COC(=O)CCc1csc(N2CCCNC(=O)C2)n1. The van der Waals surface area contributed by atoms with Crippen LogP contribution in [-0.4, -0.2) is 43.6 Å². The molecular formula is C12H17N3O3S. The lowest BCUT2D eigenvalue weighted by molar-refractivity contribution is -0.140. The van der Waals surface area contributed by atoms with E-state index in [4.69, 9.17) is 0 Å². The smallest absolute Gasteiger partial charge is 0.305 e. The number of carbonyl (C=O) groups is 2. The molecule has 0 aliphatic carbocycles. The highest BCUT2D eigenvalue weighted by atomic mass is 32.1. The maximum atomic E-state index is 11.5. The van der Waals surface area contributed by atoms with E-state index in [-0.39, 0.29) is 11.9 Å². The van der Waals surface area contributed by atoms with Gasteiger partial charge in [-0.25, -0.2) is 4.98 Å². The van der Waals surface area contributed by atoms with Gasteiger partial charge < -0.3 is 15.0 Å². The van der Waals surface area contributed by atoms with Crippen molar-refractivity contribution in [3.8, 4) is 0 Å². The fourth-order valence-electron chi connectivity index (χ4n) is 1.86. The number of hydrogen-bond acceptors (Lipinski definition) is 6. The van der Waals surface area contributed by atoms with Crippen LogP contribution in [0.4, 0.5) is 5.13 Å². The lowest BCUT2D eigenvalue weighted by Gasteiger charge is -2.17. The molecule has 7 heteroatoms. The highest BCUT2D eigenvalue weighted by Crippen LogP contribution is 2.22. The third kappa shape index (κ3) is 3.92. The molecule has 1 N–H and O–H groups in total. The van der Waals surface area contributed by atoms with Crippen molar-refractivity contribution in [2.75, 3.05) is 31.6 Å². The number of ether oxygens (including phenoxy) is 1. The molecule has 2 heterocycles. The minimum atomic E-state index is -0.233. The van der Waals surface area contributed by atoms with Crippen molar-refractivity contribution < 1.29 is 14.3 Å². The first-order valence-electron chi connectivity index (χ1n) is 6.22. The van der Waals surface area contributed by atoms with Gasteiger partial charge in [-0.3, -0.25) is 9.59 Å². The van der Waals surface area contributed by atoms with Crippen molar-refractivity contribution in [2.45, 2.75) is 19.3 Å². The quantitative estimate of drug-likeness (QED) is 0.818. The highest BCUT2D eigenvalue weighted by Gasteiger charge is 2.17. The third-order valence-corrected chi connectivity index (χ3v) is 3.83. The number of hydrogen-bond donors (Lipinski definition) is 1. The Morgan fingerprint density at radius 3 is 3.26 bits per heavy atom. The highest BCUT2D eigenvalue weighted by molar-refractivity contribution is 7.13. The van der Waals surface area contributed by atoms with E-state index in [1.807, 2.05) is 10.3 Å². The number of aromatic nitrogens is 1. The largest absolute Gasteiger partial charge is 0.469 e. The minimum absolute atomic E-state index is 0.0313. The summed E-state index contributed by atoms with van der Waals surface area (Å²) >= 11 is 1.51. The van der Waals surface area contributed by atoms with E-state index < -0.39 is 0 Å². The van der Waals surface area contributed by atoms with E-state index in [1.165, 1.54) is 18.4 Å². The summed E-state index contributed by atoms with van der Waals surface area (Å²) in [5, 5.41) is 5.61. The second-order valence-corrected chi connectivity index (χ2v) is 5.16. The van der Waals surface area contributed by atoms with E-state index in [9.17, 15) is 9.59 Å². The van der Waals surface area contributed by atoms with Crippen LogP contribution in [0.15, 0.2) is 5.38 Å². The molecule has 19 heavy (non-hydrogen) atoms. The summed E-state index contributed by atoms with van der Waals surface area (Å²) in [5.74, 6) is -0.201. The molecule has 1 saturated heterocycles. The third-order valence-electron chi connectivity index (χ3n) is 2.88. The summed E-state index contributed by atoms with van der Waals surface area (Å²) in [5.41, 5.74) is 0.870. The molecule has 0 aromatic carbocycles. The number of amides is 1. The Labute approximate surface area is 115 Å². The van der Waals surface area contributed by atoms with Crippen LogP contribution in [0.25, 0.3) is 0 Å². The second-order valence-electron chi connectivity index (χ2n) is 4.32. The van der Waals surface area contributed by atoms with Gasteiger partial charge in [0.2, 0.25) is 5.91 Å². The molecule has 6 nitrogen and oxygen atoms in total. The van der Waals surface area contributed by atoms with Gasteiger partial charge in [-0.15, -0.1) is 11.3 Å². The molecule has 1 fully saturated rings. The van der Waals surface area contributed by atoms with Gasteiger partial charge in [-0.05, 0) is 6.42 Å². The summed E-state index contributed by atoms with van der Waals surface area (Å²) in [6, 6.07) is 0. The fraction of sp³-hybridized carbons (Fsp3) is 0.583. The predicted octanol–water partition coefficient (Wildman–Crippen LogP) is 0.575. The number of nitrogens with one attached hydrogen (secondary N) is 1. The summed E-state index contributed by atoms with van der Waals surface area (Å²) in [4.78, 5) is 29.0. The average Bonchev–Trinajstić information content (AvgIpc) is 2.78. The van der Waals surface area contributed by atoms with Gasteiger partial charge in [-0.2, -0.15) is 0 Å². The Bertz CT molecular complexity index is 461. The Morgan fingerprint density at radius 1 is 1.63 bits per heavy atom. The number of nitrogens with zero attached hydrogens (tertiary/aromatic N) is 2. The standard InChI is InChI=1S/C12H17N3O3S/c1-18-11(17)4-3-9-8-19-12(14-9)15-6-2-5-13-10(16)7-15/h8H,2-7H2,1H3,(H,13,16). The first-order chi connectivity index (χ1) is 9.19. The first-order valence-corrected chi connectivity index (χ1v) is 7.10. The van der Waals surface area contributed by atoms with E-state index in [0.29, 0.717) is 19.4 Å². The summed E-state index contributed by atoms with van der Waals surface area (Å²) < 4.78 is 4.60. The molecule has 1 aliphatic rings. The maximum Gasteiger partial charge on any atom is 0.305 e. The Morgan fingerprint density at radius 2 is 2.47 bits per heavy atom. The molecule has 0 radical (unpaired) electrons. The zero-order valence-corrected chi connectivity index (χ0v) is 11.7. The van der Waals surface area contributed by atoms with Gasteiger partial charge in [0.25, 0.3) is 0 Å². The first kappa shape index (κ1) is 13.8. The number of carbonyl (C=O) groups excluding carboxylic acids is 2. The van der Waals surface area contributed by atoms with Gasteiger partial charge in [-0.1, -0.05) is 0 Å². The fourth-order valence-corrected chi connectivity index (χ4v) is 2.74. The lowest BCUT2D eigenvalue weighted by Crippen LogP contribution is -2.32. The second kappa shape index (κ2) is 6.51. The van der Waals surface area contributed by atoms with Gasteiger partial charge in [0.1, 0.15) is 0 Å². The predicted molar refractivity (Wildman–Crippen MR) is 72.3 cm³/mol. The molecule has 1 aromatic heterocycles. The summed E-state index contributed by atoms with van der Waals surface area (Å²) in [7, 11) is 1.38. The molecule has 2 rings (SSSR count). The van der Waals surface area contributed by atoms with Crippen molar-refractivity contribution >= 4 is 28.3 Å². The van der Waals surface area contributed by atoms with Crippen LogP contribution in [0.2, 0.25) is 0 Å². The van der Waals surface area contributed by atoms with E-state index in [2.05, 4.69) is 15.0 Å². The number of rotatable bonds is 4. The van der Waals surface area contributed by atoms with Gasteiger partial charge in [0, 0.05) is 24.9 Å². The van der Waals surface area contributed by atoms with Crippen molar-refractivity contribution in [1.82, 2.24) is 10.3 Å². The Kier molecular flexibility index (Phi) is 4.73. The summed E-state index contributed by atoms with van der Waals surface area (Å²) in [6.07, 6.45) is 1.83. The zero-order chi connectivity index (χ0) is 13.7. The number of methoxy groups -OCH3 is 1. The van der Waals surface area contributed by atoms with Gasteiger partial charge in [0.05, 0.1) is 25.8 Å². The molecule has 0 saturated carbocycles. The average molecular weight is 283 g/mol. The number of esters is 1. The molecule has 0 bridgehead atoms. The molecule has 1 aromatic rings. The van der Waals surface area contributed by atoms with E-state index in [0.717, 1.165) is 30.3 Å². The van der Waals surface area contributed by atoms with Crippen LogP contribution < -0.4 is 10.2 Å².